The molecule has 1 saturated carbocycles. The lowest BCUT2D eigenvalue weighted by Gasteiger charge is -2.32. The predicted octanol–water partition coefficient (Wildman–Crippen LogP) is 4.21. The van der Waals surface area contributed by atoms with Gasteiger partial charge in [0.15, 0.2) is 4.77 Å². The van der Waals surface area contributed by atoms with Crippen LogP contribution in [0, 0.1) is 4.77 Å². The van der Waals surface area contributed by atoms with Crippen molar-refractivity contribution in [1.29, 1.82) is 0 Å². The first-order valence-electron chi connectivity index (χ1n) is 8.17. The Morgan fingerprint density at radius 2 is 1.95 bits per heavy atom. The smallest absolute Gasteiger partial charge is 0.226 e. The third-order valence-corrected chi connectivity index (χ3v) is 5.40. The quantitative estimate of drug-likeness (QED) is 0.848. The Kier molecular flexibility index (Phi) is 4.15. The zero-order valence-corrected chi connectivity index (χ0v) is 13.5. The molecule has 1 N–H and O–H groups in total. The lowest BCUT2D eigenvalue weighted by molar-refractivity contribution is 0.348. The average molecular weight is 294 g/mol. The van der Waals surface area contributed by atoms with Crippen molar-refractivity contribution >= 4 is 18.2 Å². The van der Waals surface area contributed by atoms with E-state index in [2.05, 4.69) is 33.5 Å². The van der Waals surface area contributed by atoms with Crippen molar-refractivity contribution in [2.45, 2.75) is 83.3 Å². The Bertz CT molecular complexity index is 500. The molecule has 5 heteroatoms. The number of hydrogen-bond acceptors (Lipinski definition) is 3. The summed E-state index contributed by atoms with van der Waals surface area (Å²) in [6, 6.07) is 1.75. The van der Waals surface area contributed by atoms with Crippen LogP contribution in [0.25, 0.3) is 0 Å². The molecule has 2 heterocycles. The number of hydrogen-bond donors (Lipinski definition) is 1. The van der Waals surface area contributed by atoms with Crippen molar-refractivity contribution in [3.8, 4) is 0 Å². The highest BCUT2D eigenvalue weighted by Crippen LogP contribution is 2.36. The summed E-state index contributed by atoms with van der Waals surface area (Å²) in [6.07, 6.45) is 10.3. The van der Waals surface area contributed by atoms with Crippen molar-refractivity contribution in [2.24, 2.45) is 0 Å². The molecule has 112 valence electrons. The van der Waals surface area contributed by atoms with E-state index in [1.807, 2.05) is 0 Å². The lowest BCUT2D eigenvalue weighted by atomic mass is 9.95. The molecule has 0 spiro atoms. The first-order valence-corrected chi connectivity index (χ1v) is 8.58. The van der Waals surface area contributed by atoms with E-state index in [1.165, 1.54) is 51.4 Å². The molecule has 2 fully saturated rings. The molecule has 0 bridgehead atoms. The van der Waals surface area contributed by atoms with Gasteiger partial charge >= 0.3 is 0 Å². The highest BCUT2D eigenvalue weighted by atomic mass is 32.1. The maximum absolute atomic E-state index is 5.52. The third-order valence-electron chi connectivity index (χ3n) is 5.11. The Hall–Kier alpha value is -0.840. The average Bonchev–Trinajstić information content (AvgIpc) is 3.02. The van der Waals surface area contributed by atoms with Crippen LogP contribution >= 0.6 is 12.2 Å². The number of aromatic amines is 1. The molecule has 3 rings (SSSR count). The number of H-pyrrole nitrogens is 1. The Balaban J connectivity index is 1.95. The molecule has 4 nitrogen and oxygen atoms in total. The van der Waals surface area contributed by atoms with Crippen LogP contribution in [-0.2, 0) is 0 Å². The summed E-state index contributed by atoms with van der Waals surface area (Å²) in [5.41, 5.74) is 0. The monoisotopic (exact) mass is 294 g/mol. The third kappa shape index (κ3) is 2.41. The summed E-state index contributed by atoms with van der Waals surface area (Å²) in [7, 11) is 0. The fraction of sp³-hybridized carbons (Fsp3) is 0.867. The molecule has 0 aromatic carbocycles. The SMILES string of the molecule is CCC1CCC(C)N1c1n[nH]c(=S)n1C1CCCCC1. The molecule has 2 aliphatic rings. The van der Waals surface area contributed by atoms with Gasteiger partial charge in [0.2, 0.25) is 5.95 Å². The van der Waals surface area contributed by atoms with Crippen LogP contribution in [0.2, 0.25) is 0 Å². The summed E-state index contributed by atoms with van der Waals surface area (Å²) < 4.78 is 3.12. The summed E-state index contributed by atoms with van der Waals surface area (Å²) in [5, 5.41) is 7.64. The maximum atomic E-state index is 5.52. The van der Waals surface area contributed by atoms with Gasteiger partial charge in [-0.25, -0.2) is 5.10 Å². The topological polar surface area (TPSA) is 36.9 Å². The molecule has 1 aromatic heterocycles. The molecular weight excluding hydrogens is 268 g/mol. The first kappa shape index (κ1) is 14.1. The van der Waals surface area contributed by atoms with E-state index in [9.17, 15) is 0 Å². The largest absolute Gasteiger partial charge is 0.335 e. The fourth-order valence-electron chi connectivity index (χ4n) is 3.98. The van der Waals surface area contributed by atoms with Gasteiger partial charge in [0.05, 0.1) is 0 Å². The Labute approximate surface area is 126 Å². The zero-order chi connectivity index (χ0) is 14.1. The van der Waals surface area contributed by atoms with Crippen LogP contribution in [0.4, 0.5) is 5.95 Å². The Morgan fingerprint density at radius 1 is 1.20 bits per heavy atom. The summed E-state index contributed by atoms with van der Waals surface area (Å²) in [6.45, 7) is 4.60. The number of anilines is 1. The van der Waals surface area contributed by atoms with E-state index < -0.39 is 0 Å². The Morgan fingerprint density at radius 3 is 2.65 bits per heavy atom. The summed E-state index contributed by atoms with van der Waals surface area (Å²) in [5.74, 6) is 1.10. The van der Waals surface area contributed by atoms with Gasteiger partial charge in [-0.2, -0.15) is 0 Å². The second-order valence-corrected chi connectivity index (χ2v) is 6.77. The van der Waals surface area contributed by atoms with E-state index in [4.69, 9.17) is 12.2 Å². The van der Waals surface area contributed by atoms with E-state index in [1.54, 1.807) is 0 Å². The van der Waals surface area contributed by atoms with Gasteiger partial charge in [0.1, 0.15) is 0 Å². The van der Waals surface area contributed by atoms with Gasteiger partial charge in [-0.3, -0.25) is 4.57 Å². The standard InChI is InChI=1S/C15H26N4S/c1-3-12-10-9-11(2)18(12)14-16-17-15(20)19(14)13-7-5-4-6-8-13/h11-13H,3-10H2,1-2H3,(H,17,20). The maximum Gasteiger partial charge on any atom is 0.226 e. The van der Waals surface area contributed by atoms with Crippen LogP contribution in [0.3, 0.4) is 0 Å². The normalized spacial score (nSPS) is 28.2. The van der Waals surface area contributed by atoms with Gasteiger partial charge in [0, 0.05) is 18.1 Å². The molecule has 2 unspecified atom stereocenters. The van der Waals surface area contributed by atoms with Crippen molar-refractivity contribution in [1.82, 2.24) is 14.8 Å². The highest BCUT2D eigenvalue weighted by molar-refractivity contribution is 7.71. The highest BCUT2D eigenvalue weighted by Gasteiger charge is 2.34. The van der Waals surface area contributed by atoms with Crippen molar-refractivity contribution in [2.75, 3.05) is 4.90 Å². The number of rotatable bonds is 3. The van der Waals surface area contributed by atoms with E-state index in [-0.39, 0.29) is 0 Å². The van der Waals surface area contributed by atoms with E-state index >= 15 is 0 Å². The second kappa shape index (κ2) is 5.88. The lowest BCUT2D eigenvalue weighted by Crippen LogP contribution is -2.37. The van der Waals surface area contributed by atoms with Crippen LogP contribution in [-0.4, -0.2) is 26.8 Å². The molecule has 1 saturated heterocycles. The van der Waals surface area contributed by atoms with Crippen molar-refractivity contribution in [3.63, 3.8) is 0 Å². The predicted molar refractivity (Wildman–Crippen MR) is 84.8 cm³/mol. The van der Waals surface area contributed by atoms with Crippen molar-refractivity contribution in [3.05, 3.63) is 4.77 Å². The summed E-state index contributed by atoms with van der Waals surface area (Å²) >= 11 is 5.52. The van der Waals surface area contributed by atoms with Crippen LogP contribution in [0.15, 0.2) is 0 Å². The molecule has 2 atom stereocenters. The van der Waals surface area contributed by atoms with E-state index in [0.29, 0.717) is 18.1 Å². The second-order valence-electron chi connectivity index (χ2n) is 6.39. The number of aromatic nitrogens is 3. The van der Waals surface area contributed by atoms with Crippen LogP contribution in [0.1, 0.15) is 71.3 Å². The van der Waals surface area contributed by atoms with Gasteiger partial charge in [-0.1, -0.05) is 26.2 Å². The zero-order valence-electron chi connectivity index (χ0n) is 12.6. The van der Waals surface area contributed by atoms with Crippen LogP contribution in [0.5, 0.6) is 0 Å². The van der Waals surface area contributed by atoms with Crippen LogP contribution < -0.4 is 4.90 Å². The molecule has 0 amide bonds. The van der Waals surface area contributed by atoms with Gasteiger partial charge in [0.25, 0.3) is 0 Å². The van der Waals surface area contributed by atoms with Gasteiger partial charge < -0.3 is 4.90 Å². The van der Waals surface area contributed by atoms with Crippen molar-refractivity contribution < 1.29 is 0 Å². The minimum atomic E-state index is 0.551. The fourth-order valence-corrected chi connectivity index (χ4v) is 4.26. The molecular formula is C15H26N4S. The van der Waals surface area contributed by atoms with Gasteiger partial charge in [-0.05, 0) is 51.2 Å². The van der Waals surface area contributed by atoms with E-state index in [0.717, 1.165) is 10.7 Å². The number of nitrogens with zero attached hydrogens (tertiary/aromatic N) is 3. The first-order chi connectivity index (χ1) is 9.72. The molecule has 1 aromatic rings. The number of nitrogens with one attached hydrogen (secondary N) is 1. The van der Waals surface area contributed by atoms with Gasteiger partial charge in [-0.15, -0.1) is 5.10 Å². The minimum absolute atomic E-state index is 0.551. The summed E-state index contributed by atoms with van der Waals surface area (Å²) in [4.78, 5) is 2.51. The molecule has 1 aliphatic carbocycles. The molecule has 0 radical (unpaired) electrons. The molecule has 1 aliphatic heterocycles. The molecule has 20 heavy (non-hydrogen) atoms. The minimum Gasteiger partial charge on any atom is -0.335 e.